The summed E-state index contributed by atoms with van der Waals surface area (Å²) in [7, 11) is -0.873. The Hall–Kier alpha value is -1.90. The fourth-order valence-electron chi connectivity index (χ4n) is 1.48. The Balaban J connectivity index is 2.89. The van der Waals surface area contributed by atoms with Gasteiger partial charge in [0.05, 0.1) is 15.6 Å². The molecular weight excluding hydrogens is 344 g/mol. The summed E-state index contributed by atoms with van der Waals surface area (Å²) in [6.07, 6.45) is 2.65. The van der Waals surface area contributed by atoms with Crippen molar-refractivity contribution in [2.45, 2.75) is 11.8 Å². The molecule has 23 heavy (non-hydrogen) atoms. The van der Waals surface area contributed by atoms with Crippen LogP contribution < -0.4 is 5.32 Å². The SMILES string of the molecule is C/C=C/C(=O)OCC(=O)Nc1cc(S(=O)(=O)N(C)C)ccc1Cl. The lowest BCUT2D eigenvalue weighted by Crippen LogP contribution is -2.23. The van der Waals surface area contributed by atoms with Crippen LogP contribution in [0.3, 0.4) is 0 Å². The minimum absolute atomic E-state index is 0.0203. The van der Waals surface area contributed by atoms with E-state index in [1.54, 1.807) is 6.92 Å². The van der Waals surface area contributed by atoms with Gasteiger partial charge in [0.2, 0.25) is 10.0 Å². The zero-order chi connectivity index (χ0) is 17.6. The van der Waals surface area contributed by atoms with Crippen LogP contribution in [-0.2, 0) is 24.3 Å². The van der Waals surface area contributed by atoms with E-state index in [0.717, 1.165) is 4.31 Å². The number of nitrogens with zero attached hydrogens (tertiary/aromatic N) is 1. The summed E-state index contributed by atoms with van der Waals surface area (Å²) >= 11 is 5.94. The van der Waals surface area contributed by atoms with Gasteiger partial charge in [0.15, 0.2) is 6.61 Å². The third-order valence-electron chi connectivity index (χ3n) is 2.64. The molecule has 0 aliphatic carbocycles. The number of sulfonamides is 1. The summed E-state index contributed by atoms with van der Waals surface area (Å²) in [5.41, 5.74) is 0.113. The molecule has 0 fully saturated rings. The first-order valence-corrected chi connectivity index (χ1v) is 8.31. The number of hydrogen-bond donors (Lipinski definition) is 1. The predicted octanol–water partition coefficient (Wildman–Crippen LogP) is 1.65. The average Bonchev–Trinajstić information content (AvgIpc) is 2.47. The van der Waals surface area contributed by atoms with Crippen molar-refractivity contribution in [3.05, 3.63) is 35.4 Å². The van der Waals surface area contributed by atoms with Gasteiger partial charge in [-0.25, -0.2) is 17.5 Å². The van der Waals surface area contributed by atoms with Gasteiger partial charge in [-0.1, -0.05) is 17.7 Å². The predicted molar refractivity (Wildman–Crippen MR) is 86.7 cm³/mol. The molecule has 0 radical (unpaired) electrons. The summed E-state index contributed by atoms with van der Waals surface area (Å²) in [5.74, 6) is -1.29. The Bertz CT molecular complexity index is 729. The number of halogens is 1. The number of anilines is 1. The molecule has 0 saturated carbocycles. The summed E-state index contributed by atoms with van der Waals surface area (Å²) in [4.78, 5) is 22.8. The summed E-state index contributed by atoms with van der Waals surface area (Å²) in [5, 5.41) is 2.57. The number of allylic oxidation sites excluding steroid dienone is 1. The van der Waals surface area contributed by atoms with E-state index in [1.165, 1.54) is 44.4 Å². The van der Waals surface area contributed by atoms with Crippen molar-refractivity contribution in [1.82, 2.24) is 4.31 Å². The number of hydrogen-bond acceptors (Lipinski definition) is 5. The molecule has 126 valence electrons. The van der Waals surface area contributed by atoms with Gasteiger partial charge < -0.3 is 10.1 Å². The van der Waals surface area contributed by atoms with Crippen LogP contribution in [0.4, 0.5) is 5.69 Å². The molecule has 1 amide bonds. The minimum Gasteiger partial charge on any atom is -0.452 e. The average molecular weight is 361 g/mol. The van der Waals surface area contributed by atoms with Crippen LogP contribution >= 0.6 is 11.6 Å². The highest BCUT2D eigenvalue weighted by atomic mass is 35.5. The van der Waals surface area contributed by atoms with E-state index in [9.17, 15) is 18.0 Å². The van der Waals surface area contributed by atoms with Gasteiger partial charge in [-0.3, -0.25) is 4.79 Å². The number of carbonyl (C=O) groups excluding carboxylic acids is 2. The number of ether oxygens (including phenoxy) is 1. The van der Waals surface area contributed by atoms with Crippen LogP contribution in [0.5, 0.6) is 0 Å². The van der Waals surface area contributed by atoms with Crippen LogP contribution in [0.2, 0.25) is 5.02 Å². The second-order valence-electron chi connectivity index (χ2n) is 4.58. The second-order valence-corrected chi connectivity index (χ2v) is 7.14. The lowest BCUT2D eigenvalue weighted by atomic mass is 10.3. The molecule has 1 rings (SSSR count). The van der Waals surface area contributed by atoms with Crippen molar-refractivity contribution >= 4 is 39.2 Å². The Morgan fingerprint density at radius 1 is 1.35 bits per heavy atom. The van der Waals surface area contributed by atoms with E-state index < -0.39 is 28.5 Å². The van der Waals surface area contributed by atoms with Crippen LogP contribution in [0.15, 0.2) is 35.2 Å². The van der Waals surface area contributed by atoms with E-state index in [0.29, 0.717) is 0 Å². The first-order valence-electron chi connectivity index (χ1n) is 6.50. The Morgan fingerprint density at radius 2 is 2.00 bits per heavy atom. The molecule has 1 N–H and O–H groups in total. The molecule has 0 heterocycles. The lowest BCUT2D eigenvalue weighted by Gasteiger charge is -2.13. The zero-order valence-electron chi connectivity index (χ0n) is 12.9. The molecule has 0 aromatic heterocycles. The van der Waals surface area contributed by atoms with E-state index in [-0.39, 0.29) is 15.6 Å². The van der Waals surface area contributed by atoms with E-state index >= 15 is 0 Å². The molecule has 1 aromatic carbocycles. The quantitative estimate of drug-likeness (QED) is 0.615. The molecule has 9 heteroatoms. The number of nitrogens with one attached hydrogen (secondary N) is 1. The van der Waals surface area contributed by atoms with Gasteiger partial charge in [0.25, 0.3) is 5.91 Å². The molecule has 1 aromatic rings. The number of esters is 1. The summed E-state index contributed by atoms with van der Waals surface area (Å²) in [6.45, 7) is 1.13. The van der Waals surface area contributed by atoms with Crippen molar-refractivity contribution in [2.24, 2.45) is 0 Å². The highest BCUT2D eigenvalue weighted by Gasteiger charge is 2.19. The van der Waals surface area contributed by atoms with E-state index in [1.807, 2.05) is 0 Å². The van der Waals surface area contributed by atoms with Gasteiger partial charge in [0, 0.05) is 20.2 Å². The molecular formula is C14H17ClN2O5S. The van der Waals surface area contributed by atoms with Crippen molar-refractivity contribution in [3.8, 4) is 0 Å². The summed E-state index contributed by atoms with van der Waals surface area (Å²) < 4.78 is 29.8. The third kappa shape index (κ3) is 5.34. The zero-order valence-corrected chi connectivity index (χ0v) is 14.4. The Kier molecular flexibility index (Phi) is 6.74. The molecule has 0 unspecified atom stereocenters. The smallest absolute Gasteiger partial charge is 0.330 e. The highest BCUT2D eigenvalue weighted by molar-refractivity contribution is 7.89. The van der Waals surface area contributed by atoms with Gasteiger partial charge in [-0.2, -0.15) is 0 Å². The number of rotatable bonds is 6. The Morgan fingerprint density at radius 3 is 2.57 bits per heavy atom. The maximum absolute atomic E-state index is 12.1. The van der Waals surface area contributed by atoms with Gasteiger partial charge in [-0.05, 0) is 25.1 Å². The van der Waals surface area contributed by atoms with Crippen molar-refractivity contribution < 1.29 is 22.7 Å². The maximum atomic E-state index is 12.1. The van der Waals surface area contributed by atoms with Crippen LogP contribution in [0.1, 0.15) is 6.92 Å². The van der Waals surface area contributed by atoms with E-state index in [2.05, 4.69) is 10.1 Å². The maximum Gasteiger partial charge on any atom is 0.330 e. The molecule has 0 bridgehead atoms. The minimum atomic E-state index is -3.66. The second kappa shape index (κ2) is 8.09. The van der Waals surface area contributed by atoms with E-state index in [4.69, 9.17) is 11.6 Å². The number of benzene rings is 1. The summed E-state index contributed by atoms with van der Waals surface area (Å²) in [6, 6.07) is 3.93. The van der Waals surface area contributed by atoms with Crippen LogP contribution in [0.25, 0.3) is 0 Å². The first-order chi connectivity index (χ1) is 10.7. The van der Waals surface area contributed by atoms with Gasteiger partial charge in [0.1, 0.15) is 0 Å². The fourth-order valence-corrected chi connectivity index (χ4v) is 2.57. The monoisotopic (exact) mass is 360 g/mol. The van der Waals surface area contributed by atoms with Crippen molar-refractivity contribution in [3.63, 3.8) is 0 Å². The highest BCUT2D eigenvalue weighted by Crippen LogP contribution is 2.26. The topological polar surface area (TPSA) is 92.8 Å². The molecule has 7 nitrogen and oxygen atoms in total. The Labute approximate surface area is 139 Å². The molecule has 0 aliphatic rings. The molecule has 0 saturated heterocycles. The van der Waals surface area contributed by atoms with Crippen molar-refractivity contribution in [2.75, 3.05) is 26.0 Å². The van der Waals surface area contributed by atoms with Gasteiger partial charge in [-0.15, -0.1) is 0 Å². The molecule has 0 atom stereocenters. The molecule has 0 spiro atoms. The van der Waals surface area contributed by atoms with Crippen LogP contribution in [-0.4, -0.2) is 45.3 Å². The van der Waals surface area contributed by atoms with Gasteiger partial charge >= 0.3 is 5.97 Å². The first kappa shape index (κ1) is 19.1. The number of carbonyl (C=O) groups is 2. The normalized spacial score (nSPS) is 11.7. The van der Waals surface area contributed by atoms with Crippen molar-refractivity contribution in [1.29, 1.82) is 0 Å². The molecule has 0 aliphatic heterocycles. The standard InChI is InChI=1S/C14H17ClN2O5S/c1-4-5-14(19)22-9-13(18)16-12-8-10(6-7-11(12)15)23(20,21)17(2)3/h4-8H,9H2,1-3H3,(H,16,18)/b5-4+. The number of amides is 1. The van der Waals surface area contributed by atoms with Crippen LogP contribution in [0, 0.1) is 0 Å². The third-order valence-corrected chi connectivity index (χ3v) is 4.78. The lowest BCUT2D eigenvalue weighted by molar-refractivity contribution is -0.142. The largest absolute Gasteiger partial charge is 0.452 e. The fraction of sp³-hybridized carbons (Fsp3) is 0.286.